The average molecular weight is 244 g/mol. The molecule has 0 aliphatic heterocycles. The summed E-state index contributed by atoms with van der Waals surface area (Å²) in [6, 6.07) is -0.242. The van der Waals surface area contributed by atoms with Crippen molar-refractivity contribution in [2.24, 2.45) is 5.92 Å². The number of hydrogen-bond donors (Lipinski definition) is 1. The molecule has 0 aliphatic carbocycles. The zero-order valence-corrected chi connectivity index (χ0v) is 11.6. The molecule has 17 heavy (non-hydrogen) atoms. The van der Waals surface area contributed by atoms with Crippen molar-refractivity contribution in [2.45, 2.75) is 40.2 Å². The zero-order valence-electron chi connectivity index (χ0n) is 11.6. The molecule has 100 valence electrons. The molecule has 0 aromatic carbocycles. The Kier molecular flexibility index (Phi) is 5.45. The number of rotatable bonds is 5. The van der Waals surface area contributed by atoms with E-state index < -0.39 is 11.5 Å². The Bertz CT molecular complexity index is 287. The molecular weight excluding hydrogens is 220 g/mol. The van der Waals surface area contributed by atoms with E-state index in [9.17, 15) is 9.59 Å². The third-order valence-electron chi connectivity index (χ3n) is 2.89. The highest BCUT2D eigenvalue weighted by Crippen LogP contribution is 2.15. The van der Waals surface area contributed by atoms with Gasteiger partial charge in [0, 0.05) is 20.1 Å². The second kappa shape index (κ2) is 5.89. The van der Waals surface area contributed by atoms with Crippen molar-refractivity contribution in [1.82, 2.24) is 9.80 Å². The zero-order chi connectivity index (χ0) is 13.8. The van der Waals surface area contributed by atoms with Gasteiger partial charge in [0.1, 0.15) is 5.54 Å². The minimum absolute atomic E-state index is 0.242. The Labute approximate surface area is 103 Å². The molecule has 0 aromatic rings. The van der Waals surface area contributed by atoms with E-state index in [0.29, 0.717) is 19.0 Å². The maximum Gasteiger partial charge on any atom is 0.329 e. The van der Waals surface area contributed by atoms with Gasteiger partial charge in [-0.1, -0.05) is 13.8 Å². The van der Waals surface area contributed by atoms with Gasteiger partial charge >= 0.3 is 12.0 Å². The molecular formula is C12H24N2O3. The molecule has 0 rings (SSSR count). The number of amides is 2. The SMILES string of the molecule is CCN(CC(C)C)C(=O)N(C)C(C)(C)C(=O)O. The Morgan fingerprint density at radius 3 is 2.06 bits per heavy atom. The van der Waals surface area contributed by atoms with Gasteiger partial charge in [-0.2, -0.15) is 0 Å². The number of urea groups is 1. The van der Waals surface area contributed by atoms with Crippen LogP contribution in [0.15, 0.2) is 0 Å². The molecule has 0 aromatic heterocycles. The standard InChI is InChI=1S/C12H24N2O3/c1-7-14(8-9(2)3)11(17)13(6)12(4,5)10(15)16/h9H,7-8H2,1-6H3,(H,15,16). The molecule has 0 fully saturated rings. The molecule has 0 aliphatic rings. The van der Waals surface area contributed by atoms with Crippen LogP contribution >= 0.6 is 0 Å². The Hall–Kier alpha value is -1.26. The van der Waals surface area contributed by atoms with E-state index in [1.807, 2.05) is 20.8 Å². The molecule has 5 nitrogen and oxygen atoms in total. The summed E-state index contributed by atoms with van der Waals surface area (Å²) in [6.45, 7) is 10.2. The fourth-order valence-corrected chi connectivity index (χ4v) is 1.38. The molecule has 0 atom stereocenters. The van der Waals surface area contributed by atoms with Crippen LogP contribution in [-0.4, -0.2) is 52.6 Å². The molecule has 2 amide bonds. The lowest BCUT2D eigenvalue weighted by Crippen LogP contribution is -2.55. The van der Waals surface area contributed by atoms with E-state index in [1.54, 1.807) is 4.90 Å². The molecule has 5 heteroatoms. The third-order valence-corrected chi connectivity index (χ3v) is 2.89. The Balaban J connectivity index is 4.84. The van der Waals surface area contributed by atoms with Gasteiger partial charge in [0.15, 0.2) is 0 Å². The first kappa shape index (κ1) is 15.7. The van der Waals surface area contributed by atoms with Gasteiger partial charge in [-0.05, 0) is 26.7 Å². The number of likely N-dealkylation sites (N-methyl/N-ethyl adjacent to an activating group) is 1. The monoisotopic (exact) mass is 244 g/mol. The first-order valence-electron chi connectivity index (χ1n) is 5.90. The van der Waals surface area contributed by atoms with Crippen molar-refractivity contribution in [3.05, 3.63) is 0 Å². The largest absolute Gasteiger partial charge is 0.480 e. The van der Waals surface area contributed by atoms with Crippen LogP contribution in [0.4, 0.5) is 4.79 Å². The topological polar surface area (TPSA) is 60.9 Å². The van der Waals surface area contributed by atoms with Crippen LogP contribution in [0.2, 0.25) is 0 Å². The van der Waals surface area contributed by atoms with Gasteiger partial charge in [-0.15, -0.1) is 0 Å². The van der Waals surface area contributed by atoms with Gasteiger partial charge in [0.2, 0.25) is 0 Å². The van der Waals surface area contributed by atoms with Crippen molar-refractivity contribution in [1.29, 1.82) is 0 Å². The van der Waals surface area contributed by atoms with E-state index in [1.165, 1.54) is 25.8 Å². The minimum Gasteiger partial charge on any atom is -0.480 e. The number of nitrogens with zero attached hydrogens (tertiary/aromatic N) is 2. The second-order valence-electron chi connectivity index (χ2n) is 5.14. The van der Waals surface area contributed by atoms with Gasteiger partial charge < -0.3 is 14.9 Å². The first-order valence-corrected chi connectivity index (χ1v) is 5.90. The number of hydrogen-bond acceptors (Lipinski definition) is 2. The van der Waals surface area contributed by atoms with Crippen LogP contribution < -0.4 is 0 Å². The maximum atomic E-state index is 12.1. The van der Waals surface area contributed by atoms with E-state index in [2.05, 4.69) is 0 Å². The normalized spacial score (nSPS) is 11.5. The molecule has 0 radical (unpaired) electrons. The van der Waals surface area contributed by atoms with Crippen LogP contribution in [0.3, 0.4) is 0 Å². The van der Waals surface area contributed by atoms with Crippen LogP contribution in [0, 0.1) is 5.92 Å². The van der Waals surface area contributed by atoms with E-state index in [0.717, 1.165) is 0 Å². The smallest absolute Gasteiger partial charge is 0.329 e. The van der Waals surface area contributed by atoms with Gasteiger partial charge in [-0.25, -0.2) is 9.59 Å². The predicted molar refractivity (Wildman–Crippen MR) is 67.0 cm³/mol. The highest BCUT2D eigenvalue weighted by molar-refractivity contribution is 5.85. The van der Waals surface area contributed by atoms with Crippen LogP contribution in [-0.2, 0) is 4.79 Å². The van der Waals surface area contributed by atoms with Crippen LogP contribution in [0.1, 0.15) is 34.6 Å². The van der Waals surface area contributed by atoms with Crippen molar-refractivity contribution in [3.8, 4) is 0 Å². The van der Waals surface area contributed by atoms with E-state index in [4.69, 9.17) is 5.11 Å². The second-order valence-corrected chi connectivity index (χ2v) is 5.14. The summed E-state index contributed by atoms with van der Waals surface area (Å²) in [5, 5.41) is 9.08. The summed E-state index contributed by atoms with van der Waals surface area (Å²) < 4.78 is 0. The van der Waals surface area contributed by atoms with Crippen LogP contribution in [0.5, 0.6) is 0 Å². The molecule has 0 bridgehead atoms. The summed E-state index contributed by atoms with van der Waals surface area (Å²) in [5.74, 6) is -0.644. The predicted octanol–water partition coefficient (Wildman–Crippen LogP) is 1.88. The summed E-state index contributed by atoms with van der Waals surface area (Å²) in [4.78, 5) is 26.2. The maximum absolute atomic E-state index is 12.1. The quantitative estimate of drug-likeness (QED) is 0.803. The highest BCUT2D eigenvalue weighted by atomic mass is 16.4. The van der Waals surface area contributed by atoms with E-state index in [-0.39, 0.29) is 6.03 Å². The number of carboxylic acid groups (broad SMARTS) is 1. The van der Waals surface area contributed by atoms with Gasteiger partial charge in [0.25, 0.3) is 0 Å². The fourth-order valence-electron chi connectivity index (χ4n) is 1.38. The summed E-state index contributed by atoms with van der Waals surface area (Å²) in [6.07, 6.45) is 0. The fraction of sp³-hybridized carbons (Fsp3) is 0.833. The molecule has 0 heterocycles. The van der Waals surface area contributed by atoms with Gasteiger partial charge in [-0.3, -0.25) is 0 Å². The molecule has 0 saturated carbocycles. The summed E-state index contributed by atoms with van der Waals surface area (Å²) in [5.41, 5.74) is -1.19. The van der Waals surface area contributed by atoms with Crippen LogP contribution in [0.25, 0.3) is 0 Å². The number of carboxylic acids is 1. The first-order chi connectivity index (χ1) is 7.64. The van der Waals surface area contributed by atoms with Crippen molar-refractivity contribution < 1.29 is 14.7 Å². The summed E-state index contributed by atoms with van der Waals surface area (Å²) in [7, 11) is 1.53. The highest BCUT2D eigenvalue weighted by Gasteiger charge is 2.36. The lowest BCUT2D eigenvalue weighted by Gasteiger charge is -2.36. The average Bonchev–Trinajstić information content (AvgIpc) is 2.23. The number of carbonyl (C=O) groups is 2. The molecule has 1 N–H and O–H groups in total. The minimum atomic E-state index is -1.19. The lowest BCUT2D eigenvalue weighted by atomic mass is 10.0. The molecule has 0 saturated heterocycles. The molecule has 0 spiro atoms. The van der Waals surface area contributed by atoms with E-state index >= 15 is 0 Å². The Morgan fingerprint density at radius 1 is 1.29 bits per heavy atom. The number of carbonyl (C=O) groups excluding carboxylic acids is 1. The number of aliphatic carboxylic acids is 1. The van der Waals surface area contributed by atoms with Crippen molar-refractivity contribution >= 4 is 12.0 Å². The van der Waals surface area contributed by atoms with Crippen molar-refractivity contribution in [3.63, 3.8) is 0 Å². The molecule has 0 unspecified atom stereocenters. The lowest BCUT2D eigenvalue weighted by molar-refractivity contribution is -0.147. The Morgan fingerprint density at radius 2 is 1.76 bits per heavy atom. The summed E-state index contributed by atoms with van der Waals surface area (Å²) >= 11 is 0. The van der Waals surface area contributed by atoms with Gasteiger partial charge in [0.05, 0.1) is 0 Å². The van der Waals surface area contributed by atoms with Crippen molar-refractivity contribution in [2.75, 3.05) is 20.1 Å². The third kappa shape index (κ3) is 3.91.